The van der Waals surface area contributed by atoms with Gasteiger partial charge in [-0.1, -0.05) is 33.9 Å². The molecule has 3 heteroatoms. The topological polar surface area (TPSA) is 34.1 Å². The first kappa shape index (κ1) is 11.6. The Balaban J connectivity index is 2.75. The summed E-state index contributed by atoms with van der Waals surface area (Å²) in [5.41, 5.74) is 0. The Morgan fingerprint density at radius 1 is 1.36 bits per heavy atom. The highest BCUT2D eigenvalue weighted by Gasteiger charge is 2.52. The molecule has 0 saturated heterocycles. The van der Waals surface area contributed by atoms with Crippen molar-refractivity contribution >= 4 is 19.8 Å². The molecule has 0 radical (unpaired) electrons. The summed E-state index contributed by atoms with van der Waals surface area (Å²) in [5, 5.41) is 0.488. The van der Waals surface area contributed by atoms with E-state index < -0.39 is 8.07 Å². The minimum Gasteiger partial charge on any atom is -0.305 e. The summed E-state index contributed by atoms with van der Waals surface area (Å²) in [5.74, 6) is 0.102. The Morgan fingerprint density at radius 3 is 2.14 bits per heavy atom. The molecular formula is C11H20O2Si. The molecule has 0 aromatic heterocycles. The number of carbonyl (C=O) groups excluding carboxylic acids is 2. The number of hydrogen-bond donors (Lipinski definition) is 0. The summed E-state index contributed by atoms with van der Waals surface area (Å²) in [4.78, 5) is 22.7. The number of rotatable bonds is 3. The van der Waals surface area contributed by atoms with Gasteiger partial charge in [0.2, 0.25) is 0 Å². The van der Waals surface area contributed by atoms with Gasteiger partial charge in [0, 0.05) is 11.8 Å². The van der Waals surface area contributed by atoms with Gasteiger partial charge in [-0.15, -0.1) is 0 Å². The summed E-state index contributed by atoms with van der Waals surface area (Å²) in [6, 6.07) is 0. The van der Waals surface area contributed by atoms with E-state index in [0.717, 1.165) is 12.7 Å². The standard InChI is InChI=1S/C11H20O2Si/c1-11(2,3)14(4,5)10(13)9-6-8(9)7-12/h7-9H,6H2,1-5H3/t8-,9-/m1/s1. The van der Waals surface area contributed by atoms with Gasteiger partial charge in [0.25, 0.3) is 0 Å². The summed E-state index contributed by atoms with van der Waals surface area (Å²) < 4.78 is 0. The summed E-state index contributed by atoms with van der Waals surface area (Å²) in [6.07, 6.45) is 1.74. The normalized spacial score (nSPS) is 27.2. The van der Waals surface area contributed by atoms with Crippen molar-refractivity contribution < 1.29 is 9.59 Å². The van der Waals surface area contributed by atoms with Gasteiger partial charge in [0.15, 0.2) is 0 Å². The Morgan fingerprint density at radius 2 is 1.86 bits per heavy atom. The van der Waals surface area contributed by atoms with Crippen LogP contribution in [0.3, 0.4) is 0 Å². The number of hydrogen-bond acceptors (Lipinski definition) is 2. The van der Waals surface area contributed by atoms with Crippen molar-refractivity contribution in [3.63, 3.8) is 0 Å². The molecule has 1 saturated carbocycles. The van der Waals surface area contributed by atoms with Crippen LogP contribution in [0.25, 0.3) is 0 Å². The highest BCUT2D eigenvalue weighted by Crippen LogP contribution is 2.45. The van der Waals surface area contributed by atoms with E-state index in [2.05, 4.69) is 33.9 Å². The molecule has 0 spiro atoms. The van der Waals surface area contributed by atoms with Crippen LogP contribution in [0, 0.1) is 11.8 Å². The molecule has 0 aliphatic heterocycles. The van der Waals surface area contributed by atoms with Gasteiger partial charge in [-0.05, 0) is 11.5 Å². The monoisotopic (exact) mass is 212 g/mol. The minimum absolute atomic E-state index is 0.0385. The number of carbonyl (C=O) groups is 2. The maximum absolute atomic E-state index is 12.1. The van der Waals surface area contributed by atoms with Crippen molar-refractivity contribution in [2.24, 2.45) is 11.8 Å². The van der Waals surface area contributed by atoms with E-state index in [-0.39, 0.29) is 16.9 Å². The summed E-state index contributed by atoms with van der Waals surface area (Å²) >= 11 is 0. The van der Waals surface area contributed by atoms with Gasteiger partial charge in [0.1, 0.15) is 19.8 Å². The lowest BCUT2D eigenvalue weighted by atomic mass is 10.2. The Bertz CT molecular complexity index is 263. The second-order valence-corrected chi connectivity index (χ2v) is 11.1. The average Bonchev–Trinajstić information content (AvgIpc) is 2.79. The predicted molar refractivity (Wildman–Crippen MR) is 59.9 cm³/mol. The van der Waals surface area contributed by atoms with Crippen LogP contribution in [-0.2, 0) is 9.59 Å². The van der Waals surface area contributed by atoms with Crippen molar-refractivity contribution in [3.8, 4) is 0 Å². The average molecular weight is 212 g/mol. The largest absolute Gasteiger partial charge is 0.305 e. The first-order valence-corrected chi connectivity index (χ1v) is 8.21. The molecule has 80 valence electrons. The van der Waals surface area contributed by atoms with E-state index in [1.165, 1.54) is 0 Å². The second kappa shape index (κ2) is 3.30. The smallest absolute Gasteiger partial charge is 0.132 e. The van der Waals surface area contributed by atoms with Gasteiger partial charge in [-0.3, -0.25) is 0 Å². The van der Waals surface area contributed by atoms with Crippen molar-refractivity contribution in [2.45, 2.75) is 45.3 Å². The molecule has 2 atom stereocenters. The Labute approximate surface area is 87.1 Å². The van der Waals surface area contributed by atoms with Gasteiger partial charge >= 0.3 is 0 Å². The van der Waals surface area contributed by atoms with E-state index >= 15 is 0 Å². The molecule has 14 heavy (non-hydrogen) atoms. The van der Waals surface area contributed by atoms with Crippen molar-refractivity contribution in [1.82, 2.24) is 0 Å². The van der Waals surface area contributed by atoms with Gasteiger partial charge < -0.3 is 9.59 Å². The molecule has 0 aromatic carbocycles. The van der Waals surface area contributed by atoms with Crippen molar-refractivity contribution in [3.05, 3.63) is 0 Å². The highest BCUT2D eigenvalue weighted by molar-refractivity contribution is 7.06. The first-order chi connectivity index (χ1) is 6.21. The van der Waals surface area contributed by atoms with E-state index in [0.29, 0.717) is 5.41 Å². The molecule has 0 bridgehead atoms. The quantitative estimate of drug-likeness (QED) is 0.532. The fourth-order valence-corrected chi connectivity index (χ4v) is 3.50. The molecule has 0 N–H and O–H groups in total. The second-order valence-electron chi connectivity index (χ2n) is 5.88. The third-order valence-electron chi connectivity index (χ3n) is 3.84. The fraction of sp³-hybridized carbons (Fsp3) is 0.818. The molecule has 2 nitrogen and oxygen atoms in total. The molecule has 1 fully saturated rings. The van der Waals surface area contributed by atoms with Crippen LogP contribution in [0.15, 0.2) is 0 Å². The van der Waals surface area contributed by atoms with Crippen LogP contribution >= 0.6 is 0 Å². The summed E-state index contributed by atoms with van der Waals surface area (Å²) in [6.45, 7) is 10.6. The zero-order chi connectivity index (χ0) is 11.1. The SMILES string of the molecule is CC(C)(C)[Si](C)(C)C(=O)[C@@H]1C[C@@H]1C=O. The van der Waals surface area contributed by atoms with Gasteiger partial charge in [-0.25, -0.2) is 0 Å². The molecule has 0 heterocycles. The van der Waals surface area contributed by atoms with Crippen molar-refractivity contribution in [1.29, 1.82) is 0 Å². The molecule has 1 aliphatic rings. The zero-order valence-corrected chi connectivity index (χ0v) is 10.8. The van der Waals surface area contributed by atoms with Crippen LogP contribution in [0.2, 0.25) is 18.1 Å². The van der Waals surface area contributed by atoms with E-state index in [9.17, 15) is 9.59 Å². The molecule has 1 rings (SSSR count). The third-order valence-corrected chi connectivity index (χ3v) is 9.20. The van der Waals surface area contributed by atoms with Crippen LogP contribution in [-0.4, -0.2) is 19.8 Å². The van der Waals surface area contributed by atoms with Gasteiger partial charge in [-0.2, -0.15) is 0 Å². The maximum atomic E-state index is 12.1. The first-order valence-electron chi connectivity index (χ1n) is 5.21. The van der Waals surface area contributed by atoms with Crippen LogP contribution in [0.1, 0.15) is 27.2 Å². The predicted octanol–water partition coefficient (Wildman–Crippen LogP) is 2.44. The fourth-order valence-electron chi connectivity index (χ4n) is 1.50. The Kier molecular flexibility index (Phi) is 2.74. The van der Waals surface area contributed by atoms with Crippen molar-refractivity contribution in [2.75, 3.05) is 0 Å². The highest BCUT2D eigenvalue weighted by atomic mass is 28.3. The Hall–Kier alpha value is -0.443. The van der Waals surface area contributed by atoms with Crippen LogP contribution in [0.5, 0.6) is 0 Å². The maximum Gasteiger partial charge on any atom is 0.132 e. The molecular weight excluding hydrogens is 192 g/mol. The van der Waals surface area contributed by atoms with E-state index in [1.54, 1.807) is 0 Å². The molecule has 0 aromatic rings. The lowest BCUT2D eigenvalue weighted by molar-refractivity contribution is -0.116. The third kappa shape index (κ3) is 1.83. The summed E-state index contributed by atoms with van der Waals surface area (Å²) in [7, 11) is -1.86. The molecule has 0 unspecified atom stereocenters. The molecule has 0 amide bonds. The van der Waals surface area contributed by atoms with Crippen LogP contribution < -0.4 is 0 Å². The van der Waals surface area contributed by atoms with Crippen LogP contribution in [0.4, 0.5) is 0 Å². The van der Waals surface area contributed by atoms with E-state index in [1.807, 2.05) is 0 Å². The van der Waals surface area contributed by atoms with Gasteiger partial charge in [0.05, 0.1) is 0 Å². The molecule has 1 aliphatic carbocycles. The zero-order valence-electron chi connectivity index (χ0n) is 9.76. The van der Waals surface area contributed by atoms with E-state index in [4.69, 9.17) is 0 Å². The minimum atomic E-state index is -1.86. The lowest BCUT2D eigenvalue weighted by Gasteiger charge is -2.35. The lowest BCUT2D eigenvalue weighted by Crippen LogP contribution is -2.47. The number of aldehydes is 1.